The first-order valence-corrected chi connectivity index (χ1v) is 11.5. The number of hydrogen-bond acceptors (Lipinski definition) is 1. The van der Waals surface area contributed by atoms with Crippen molar-refractivity contribution in [2.75, 3.05) is 43.6 Å². The van der Waals surface area contributed by atoms with Gasteiger partial charge in [-0.1, -0.05) is 62.6 Å². The Hall–Kier alpha value is 1.12. The fraction of sp³-hybridized carbons (Fsp3) is 1.00. The molecule has 0 aromatic heterocycles. The molecule has 0 radical (unpaired) electrons. The number of hydrogen-bond donors (Lipinski definition) is 0. The van der Waals surface area contributed by atoms with Gasteiger partial charge in [-0.15, -0.1) is 7.92 Å². The molecule has 0 aromatic rings. The van der Waals surface area contributed by atoms with Crippen molar-refractivity contribution >= 4 is 30.5 Å². The summed E-state index contributed by atoms with van der Waals surface area (Å²) in [5.41, 5.74) is 0. The van der Waals surface area contributed by atoms with Crippen LogP contribution in [-0.4, -0.2) is 48.5 Å². The van der Waals surface area contributed by atoms with Gasteiger partial charge in [0.1, 0.15) is 0 Å². The number of unbranched alkanes of at least 4 members (excludes halogenated alkanes) is 3. The second kappa shape index (κ2) is 19.1. The van der Waals surface area contributed by atoms with E-state index in [0.29, 0.717) is 7.92 Å². The van der Waals surface area contributed by atoms with Crippen molar-refractivity contribution in [1.29, 1.82) is 0 Å². The summed E-state index contributed by atoms with van der Waals surface area (Å²) in [4.78, 5) is 2.17. The molecule has 0 heterocycles. The van der Waals surface area contributed by atoms with Gasteiger partial charge in [0.2, 0.25) is 0 Å². The van der Waals surface area contributed by atoms with E-state index in [4.69, 9.17) is 0 Å². The van der Waals surface area contributed by atoms with E-state index in [0.717, 1.165) is 0 Å². The van der Waals surface area contributed by atoms with Crippen LogP contribution < -0.4 is 0 Å². The Labute approximate surface area is 138 Å². The maximum absolute atomic E-state index is 2.36. The van der Waals surface area contributed by atoms with Crippen molar-refractivity contribution < 1.29 is 0 Å². The normalized spacial score (nSPS) is 10.7. The zero-order chi connectivity index (χ0) is 14.9. The van der Waals surface area contributed by atoms with Gasteiger partial charge >= 0.3 is 0 Å². The highest BCUT2D eigenvalue weighted by Crippen LogP contribution is 2.38. The summed E-state index contributed by atoms with van der Waals surface area (Å²) < 4.78 is 1.23. The lowest BCUT2D eigenvalue weighted by molar-refractivity contribution is 0.440. The molecular weight excluding hydrogens is 364 g/mol. The van der Waals surface area contributed by atoms with E-state index in [2.05, 4.69) is 62.4 Å². The lowest BCUT2D eigenvalue weighted by Crippen LogP contribution is -2.13. The SMILES string of the molecule is CCCCP(CCCC)CCCC.CN(C)CCI. The van der Waals surface area contributed by atoms with Gasteiger partial charge < -0.3 is 4.90 Å². The Balaban J connectivity index is 0. The Kier molecular flexibility index (Phi) is 22.5. The molecule has 0 aliphatic carbocycles. The minimum Gasteiger partial charge on any atom is -0.309 e. The van der Waals surface area contributed by atoms with Crippen molar-refractivity contribution in [3.8, 4) is 0 Å². The third-order valence-corrected chi connectivity index (χ3v) is 6.34. The molecule has 19 heavy (non-hydrogen) atoms. The molecule has 0 aromatic carbocycles. The van der Waals surface area contributed by atoms with Crippen LogP contribution in [-0.2, 0) is 0 Å². The van der Waals surface area contributed by atoms with E-state index in [1.165, 1.54) is 49.5 Å². The average Bonchev–Trinajstić information content (AvgIpc) is 2.38. The van der Waals surface area contributed by atoms with E-state index in [1.54, 1.807) is 18.5 Å². The number of rotatable bonds is 11. The van der Waals surface area contributed by atoms with E-state index in [9.17, 15) is 0 Å². The first kappa shape index (κ1) is 22.4. The standard InChI is InChI=1S/C12H27P.C4H10IN/c1-4-7-10-13(11-8-5-2)12-9-6-3;1-6(2)4-3-5/h4-12H2,1-3H3;3-4H2,1-2H3. The van der Waals surface area contributed by atoms with Crippen LogP contribution in [0.4, 0.5) is 0 Å². The average molecular weight is 401 g/mol. The lowest BCUT2D eigenvalue weighted by Gasteiger charge is -2.16. The third-order valence-electron chi connectivity index (χ3n) is 3.02. The molecule has 0 saturated carbocycles. The molecule has 0 fully saturated rings. The molecule has 118 valence electrons. The summed E-state index contributed by atoms with van der Waals surface area (Å²) in [6.45, 7) is 8.13. The fourth-order valence-electron chi connectivity index (χ4n) is 1.65. The summed E-state index contributed by atoms with van der Waals surface area (Å²) in [6.07, 6.45) is 13.2. The smallest absolute Gasteiger partial charge is 0.0123 e. The molecule has 0 atom stereocenters. The van der Waals surface area contributed by atoms with Crippen LogP contribution in [0.15, 0.2) is 0 Å². The Bertz CT molecular complexity index is 135. The minimum atomic E-state index is 0.422. The lowest BCUT2D eigenvalue weighted by atomic mass is 10.4. The van der Waals surface area contributed by atoms with Crippen molar-refractivity contribution in [3.05, 3.63) is 0 Å². The predicted octanol–water partition coefficient (Wildman–Crippen LogP) is 5.85. The number of nitrogens with zero attached hydrogens (tertiary/aromatic N) is 1. The van der Waals surface area contributed by atoms with Crippen LogP contribution in [0.25, 0.3) is 0 Å². The predicted molar refractivity (Wildman–Crippen MR) is 104 cm³/mol. The molecule has 0 amide bonds. The summed E-state index contributed by atoms with van der Waals surface area (Å²) in [5.74, 6) is 0. The van der Waals surface area contributed by atoms with Crippen LogP contribution in [0.3, 0.4) is 0 Å². The molecule has 0 aliphatic rings. The molecule has 0 aliphatic heterocycles. The molecular formula is C16H37INP. The van der Waals surface area contributed by atoms with Gasteiger partial charge in [0.25, 0.3) is 0 Å². The number of alkyl halides is 1. The van der Waals surface area contributed by atoms with Crippen molar-refractivity contribution in [1.82, 2.24) is 4.90 Å². The van der Waals surface area contributed by atoms with Crippen LogP contribution in [0.5, 0.6) is 0 Å². The summed E-state index contributed by atoms with van der Waals surface area (Å²) in [5, 5.41) is 0. The topological polar surface area (TPSA) is 3.24 Å². The summed E-state index contributed by atoms with van der Waals surface area (Å²) in [6, 6.07) is 0. The van der Waals surface area contributed by atoms with Gasteiger partial charge in [-0.05, 0) is 51.8 Å². The highest BCUT2D eigenvalue weighted by Gasteiger charge is 2.05. The third kappa shape index (κ3) is 21.6. The number of halogens is 1. The van der Waals surface area contributed by atoms with Crippen molar-refractivity contribution in [3.63, 3.8) is 0 Å². The molecule has 0 N–H and O–H groups in total. The molecule has 0 spiro atoms. The zero-order valence-electron chi connectivity index (χ0n) is 14.1. The maximum Gasteiger partial charge on any atom is 0.0123 e. The van der Waals surface area contributed by atoms with E-state index in [1.807, 2.05) is 0 Å². The Morgan fingerprint density at radius 2 is 1.16 bits per heavy atom. The fourth-order valence-corrected chi connectivity index (χ4v) is 5.58. The summed E-state index contributed by atoms with van der Waals surface area (Å²) >= 11 is 2.36. The first-order chi connectivity index (χ1) is 9.12. The first-order valence-electron chi connectivity index (χ1n) is 8.05. The summed E-state index contributed by atoms with van der Waals surface area (Å²) in [7, 11) is 4.59. The molecule has 0 saturated heterocycles. The molecule has 0 unspecified atom stereocenters. The van der Waals surface area contributed by atoms with Crippen LogP contribution in [0, 0.1) is 0 Å². The highest BCUT2D eigenvalue weighted by molar-refractivity contribution is 14.1. The molecule has 0 bridgehead atoms. The van der Waals surface area contributed by atoms with Gasteiger partial charge in [-0.3, -0.25) is 0 Å². The highest BCUT2D eigenvalue weighted by atomic mass is 127. The maximum atomic E-state index is 2.36. The van der Waals surface area contributed by atoms with Gasteiger partial charge in [0, 0.05) is 11.0 Å². The van der Waals surface area contributed by atoms with E-state index >= 15 is 0 Å². The zero-order valence-corrected chi connectivity index (χ0v) is 17.1. The van der Waals surface area contributed by atoms with Gasteiger partial charge in [-0.25, -0.2) is 0 Å². The van der Waals surface area contributed by atoms with Gasteiger partial charge in [0.05, 0.1) is 0 Å². The molecule has 0 rings (SSSR count). The van der Waals surface area contributed by atoms with E-state index < -0.39 is 0 Å². The van der Waals surface area contributed by atoms with Crippen LogP contribution in [0.1, 0.15) is 59.3 Å². The van der Waals surface area contributed by atoms with Crippen molar-refractivity contribution in [2.24, 2.45) is 0 Å². The van der Waals surface area contributed by atoms with Crippen LogP contribution in [0.2, 0.25) is 0 Å². The van der Waals surface area contributed by atoms with Crippen LogP contribution >= 0.6 is 30.5 Å². The Morgan fingerprint density at radius 1 is 0.789 bits per heavy atom. The van der Waals surface area contributed by atoms with Crippen molar-refractivity contribution in [2.45, 2.75) is 59.3 Å². The minimum absolute atomic E-state index is 0.422. The second-order valence-corrected chi connectivity index (χ2v) is 9.16. The second-order valence-electron chi connectivity index (χ2n) is 5.39. The quantitative estimate of drug-likeness (QED) is 0.238. The largest absolute Gasteiger partial charge is 0.309 e. The Morgan fingerprint density at radius 3 is 1.32 bits per heavy atom. The molecule has 3 heteroatoms. The van der Waals surface area contributed by atoms with Gasteiger partial charge in [0.15, 0.2) is 0 Å². The molecule has 1 nitrogen and oxygen atoms in total. The monoisotopic (exact) mass is 401 g/mol. The van der Waals surface area contributed by atoms with Gasteiger partial charge in [-0.2, -0.15) is 0 Å². The van der Waals surface area contributed by atoms with E-state index in [-0.39, 0.29) is 0 Å².